The summed E-state index contributed by atoms with van der Waals surface area (Å²) in [6.45, 7) is 5.56. The first-order chi connectivity index (χ1) is 13.7. The summed E-state index contributed by atoms with van der Waals surface area (Å²) in [5.74, 6) is 0.795. The van der Waals surface area contributed by atoms with Crippen LogP contribution >= 0.6 is 0 Å². The van der Waals surface area contributed by atoms with Crippen molar-refractivity contribution in [1.29, 1.82) is 0 Å². The van der Waals surface area contributed by atoms with Gasteiger partial charge in [0.15, 0.2) is 5.82 Å². The van der Waals surface area contributed by atoms with E-state index in [0.717, 1.165) is 35.9 Å². The second kappa shape index (κ2) is 8.18. The quantitative estimate of drug-likeness (QED) is 0.755. The Morgan fingerprint density at radius 3 is 2.57 bits per heavy atom. The molecule has 4 rings (SSSR count). The molecule has 0 bridgehead atoms. The number of amides is 2. The zero-order chi connectivity index (χ0) is 19.3. The van der Waals surface area contributed by atoms with Crippen LogP contribution in [0.3, 0.4) is 0 Å². The molecule has 8 nitrogen and oxygen atoms in total. The minimum atomic E-state index is -0.0561. The van der Waals surface area contributed by atoms with E-state index < -0.39 is 0 Å². The molecule has 0 saturated carbocycles. The van der Waals surface area contributed by atoms with E-state index in [9.17, 15) is 4.79 Å². The van der Waals surface area contributed by atoms with Crippen molar-refractivity contribution in [3.05, 3.63) is 66.0 Å². The molecule has 2 heterocycles. The Morgan fingerprint density at radius 1 is 1.04 bits per heavy atom. The molecule has 0 unspecified atom stereocenters. The van der Waals surface area contributed by atoms with Gasteiger partial charge < -0.3 is 10.2 Å². The fraction of sp³-hybridized carbons (Fsp3) is 0.300. The molecule has 28 heavy (non-hydrogen) atoms. The molecule has 1 aliphatic heterocycles. The van der Waals surface area contributed by atoms with Gasteiger partial charge in [0.25, 0.3) is 0 Å². The van der Waals surface area contributed by atoms with Crippen LogP contribution in [0.15, 0.2) is 54.6 Å². The standard InChI is InChI=1S/C20H23N7O/c1-16-6-5-7-17(14-16)21-20(28)26-12-10-25(11-13-26)15-19-22-23-24-27(19)18-8-3-2-4-9-18/h2-9,14H,10-13,15H2,1H3,(H,21,28). The van der Waals surface area contributed by atoms with E-state index in [0.29, 0.717) is 19.6 Å². The molecule has 3 aromatic rings. The number of nitrogens with one attached hydrogen (secondary N) is 1. The van der Waals surface area contributed by atoms with E-state index in [4.69, 9.17) is 0 Å². The molecule has 0 spiro atoms. The zero-order valence-electron chi connectivity index (χ0n) is 15.8. The van der Waals surface area contributed by atoms with Crippen molar-refractivity contribution in [2.24, 2.45) is 0 Å². The molecule has 144 valence electrons. The van der Waals surface area contributed by atoms with E-state index in [2.05, 4.69) is 25.7 Å². The minimum absolute atomic E-state index is 0.0561. The SMILES string of the molecule is Cc1cccc(NC(=O)N2CCN(Cc3nnnn3-c3ccccc3)CC2)c1. The highest BCUT2D eigenvalue weighted by molar-refractivity contribution is 5.89. The number of urea groups is 1. The lowest BCUT2D eigenvalue weighted by molar-refractivity contribution is 0.140. The highest BCUT2D eigenvalue weighted by atomic mass is 16.2. The number of benzene rings is 2. The summed E-state index contributed by atoms with van der Waals surface area (Å²) in [5.41, 5.74) is 2.90. The van der Waals surface area contributed by atoms with Crippen molar-refractivity contribution >= 4 is 11.7 Å². The molecular weight excluding hydrogens is 354 g/mol. The van der Waals surface area contributed by atoms with E-state index >= 15 is 0 Å². The summed E-state index contributed by atoms with van der Waals surface area (Å²) in [6.07, 6.45) is 0. The highest BCUT2D eigenvalue weighted by Gasteiger charge is 2.23. The smallest absolute Gasteiger partial charge is 0.321 e. The van der Waals surface area contributed by atoms with Gasteiger partial charge in [0.05, 0.1) is 12.2 Å². The van der Waals surface area contributed by atoms with Gasteiger partial charge in [-0.3, -0.25) is 4.90 Å². The van der Waals surface area contributed by atoms with Crippen LogP contribution in [0.4, 0.5) is 10.5 Å². The number of aryl methyl sites for hydroxylation is 1. The number of anilines is 1. The Balaban J connectivity index is 1.33. The number of rotatable bonds is 4. The van der Waals surface area contributed by atoms with Crippen LogP contribution in [0.25, 0.3) is 5.69 Å². The van der Waals surface area contributed by atoms with Gasteiger partial charge >= 0.3 is 6.03 Å². The van der Waals surface area contributed by atoms with Crippen molar-refractivity contribution in [3.63, 3.8) is 0 Å². The molecular formula is C20H23N7O. The lowest BCUT2D eigenvalue weighted by atomic mass is 10.2. The van der Waals surface area contributed by atoms with E-state index in [1.807, 2.05) is 66.4 Å². The van der Waals surface area contributed by atoms with Crippen LogP contribution in [0.1, 0.15) is 11.4 Å². The fourth-order valence-corrected chi connectivity index (χ4v) is 3.31. The van der Waals surface area contributed by atoms with Crippen LogP contribution in [-0.4, -0.2) is 62.2 Å². The number of hydrogen-bond donors (Lipinski definition) is 1. The van der Waals surface area contributed by atoms with Gasteiger partial charge in [-0.2, -0.15) is 4.68 Å². The molecule has 1 aromatic heterocycles. The van der Waals surface area contributed by atoms with Gasteiger partial charge in [0.1, 0.15) is 0 Å². The summed E-state index contributed by atoms with van der Waals surface area (Å²) >= 11 is 0. The topological polar surface area (TPSA) is 79.2 Å². The summed E-state index contributed by atoms with van der Waals surface area (Å²) in [6, 6.07) is 17.6. The highest BCUT2D eigenvalue weighted by Crippen LogP contribution is 2.13. The largest absolute Gasteiger partial charge is 0.322 e. The Bertz CT molecular complexity index is 932. The number of carbonyl (C=O) groups is 1. The van der Waals surface area contributed by atoms with Gasteiger partial charge in [-0.1, -0.05) is 30.3 Å². The van der Waals surface area contributed by atoms with Crippen molar-refractivity contribution in [1.82, 2.24) is 30.0 Å². The van der Waals surface area contributed by atoms with Gasteiger partial charge in [-0.05, 0) is 47.2 Å². The predicted molar refractivity (Wildman–Crippen MR) is 106 cm³/mol. The molecule has 1 N–H and O–H groups in total. The number of piperazine rings is 1. The maximum Gasteiger partial charge on any atom is 0.321 e. The Labute approximate surface area is 163 Å². The van der Waals surface area contributed by atoms with E-state index in [-0.39, 0.29) is 6.03 Å². The van der Waals surface area contributed by atoms with Crippen LogP contribution < -0.4 is 5.32 Å². The first-order valence-corrected chi connectivity index (χ1v) is 9.37. The molecule has 0 radical (unpaired) electrons. The van der Waals surface area contributed by atoms with Crippen molar-refractivity contribution in [3.8, 4) is 5.69 Å². The molecule has 0 aliphatic carbocycles. The molecule has 2 aromatic carbocycles. The molecule has 1 aliphatic rings. The van der Waals surface area contributed by atoms with Gasteiger partial charge in [-0.15, -0.1) is 5.10 Å². The molecule has 2 amide bonds. The first kappa shape index (κ1) is 18.1. The number of hydrogen-bond acceptors (Lipinski definition) is 5. The van der Waals surface area contributed by atoms with Crippen LogP contribution in [0.5, 0.6) is 0 Å². The van der Waals surface area contributed by atoms with Crippen molar-refractivity contribution in [2.45, 2.75) is 13.5 Å². The van der Waals surface area contributed by atoms with Crippen molar-refractivity contribution in [2.75, 3.05) is 31.5 Å². The maximum absolute atomic E-state index is 12.5. The lowest BCUT2D eigenvalue weighted by Crippen LogP contribution is -2.49. The lowest BCUT2D eigenvalue weighted by Gasteiger charge is -2.34. The number of tetrazole rings is 1. The van der Waals surface area contributed by atoms with Crippen LogP contribution in [0, 0.1) is 6.92 Å². The summed E-state index contributed by atoms with van der Waals surface area (Å²) in [4.78, 5) is 16.6. The van der Waals surface area contributed by atoms with E-state index in [1.165, 1.54) is 0 Å². The van der Waals surface area contributed by atoms with E-state index in [1.54, 1.807) is 4.68 Å². The third kappa shape index (κ3) is 4.17. The summed E-state index contributed by atoms with van der Waals surface area (Å²) < 4.78 is 1.76. The van der Waals surface area contributed by atoms with Gasteiger partial charge in [0.2, 0.25) is 0 Å². The number of aromatic nitrogens is 4. The summed E-state index contributed by atoms with van der Waals surface area (Å²) in [7, 11) is 0. The molecule has 1 fully saturated rings. The average molecular weight is 377 g/mol. The van der Waals surface area contributed by atoms with Crippen molar-refractivity contribution < 1.29 is 4.79 Å². The van der Waals surface area contributed by atoms with Crippen LogP contribution in [-0.2, 0) is 6.54 Å². The fourth-order valence-electron chi connectivity index (χ4n) is 3.31. The molecule has 8 heteroatoms. The van der Waals surface area contributed by atoms with Crippen LogP contribution in [0.2, 0.25) is 0 Å². The molecule has 0 atom stereocenters. The second-order valence-corrected chi connectivity index (χ2v) is 6.91. The predicted octanol–water partition coefficient (Wildman–Crippen LogP) is 2.32. The Kier molecular flexibility index (Phi) is 5.29. The maximum atomic E-state index is 12.5. The third-order valence-corrected chi connectivity index (χ3v) is 4.83. The number of para-hydroxylation sites is 1. The Hall–Kier alpha value is -3.26. The molecule has 1 saturated heterocycles. The number of carbonyl (C=O) groups excluding carboxylic acids is 1. The first-order valence-electron chi connectivity index (χ1n) is 9.37. The normalized spacial score (nSPS) is 14.8. The number of nitrogens with zero attached hydrogens (tertiary/aromatic N) is 6. The zero-order valence-corrected chi connectivity index (χ0v) is 15.8. The monoisotopic (exact) mass is 377 g/mol. The third-order valence-electron chi connectivity index (χ3n) is 4.83. The average Bonchev–Trinajstić information content (AvgIpc) is 3.17. The Morgan fingerprint density at radius 2 is 1.82 bits per heavy atom. The van der Waals surface area contributed by atoms with Gasteiger partial charge in [-0.25, -0.2) is 4.79 Å². The minimum Gasteiger partial charge on any atom is -0.322 e. The van der Waals surface area contributed by atoms with Gasteiger partial charge in [0, 0.05) is 31.9 Å². The summed E-state index contributed by atoms with van der Waals surface area (Å²) in [5, 5.41) is 15.1. The second-order valence-electron chi connectivity index (χ2n) is 6.91.